The number of ether oxygens (including phenoxy) is 1. The van der Waals surface area contributed by atoms with E-state index in [-0.39, 0.29) is 23.8 Å². The van der Waals surface area contributed by atoms with E-state index in [0.29, 0.717) is 18.9 Å². The van der Waals surface area contributed by atoms with E-state index in [4.69, 9.17) is 4.74 Å². The fraction of sp³-hybridized carbons (Fsp3) is 0.882. The second-order valence-corrected chi connectivity index (χ2v) is 6.60. The molecule has 1 aliphatic carbocycles. The first-order valence-corrected chi connectivity index (χ1v) is 8.85. The molecule has 1 saturated carbocycles. The van der Waals surface area contributed by atoms with E-state index in [1.165, 1.54) is 12.8 Å². The van der Waals surface area contributed by atoms with Gasteiger partial charge in [-0.3, -0.25) is 9.59 Å². The molecule has 126 valence electrons. The molecule has 0 aromatic rings. The van der Waals surface area contributed by atoms with Gasteiger partial charge < -0.3 is 15.4 Å². The minimum Gasteiger partial charge on any atom is -0.466 e. The Labute approximate surface area is 133 Å². The number of carbonyl (C=O) groups is 2. The Morgan fingerprint density at radius 2 is 1.77 bits per heavy atom. The molecule has 1 saturated heterocycles. The molecule has 1 heterocycles. The molecule has 0 aromatic carbocycles. The lowest BCUT2D eigenvalue weighted by Gasteiger charge is -2.28. The summed E-state index contributed by atoms with van der Waals surface area (Å²) in [7, 11) is 0. The molecule has 0 bridgehead atoms. The van der Waals surface area contributed by atoms with Crippen LogP contribution in [0.3, 0.4) is 0 Å². The zero-order chi connectivity index (χ0) is 15.8. The molecule has 2 rings (SSSR count). The van der Waals surface area contributed by atoms with Gasteiger partial charge in [0, 0.05) is 12.5 Å². The lowest BCUT2D eigenvalue weighted by Crippen LogP contribution is -2.39. The normalized spacial score (nSPS) is 26.4. The van der Waals surface area contributed by atoms with Crippen LogP contribution in [0.5, 0.6) is 0 Å². The van der Waals surface area contributed by atoms with Gasteiger partial charge in [0.1, 0.15) is 0 Å². The number of hydrogen-bond donors (Lipinski definition) is 2. The topological polar surface area (TPSA) is 67.4 Å². The zero-order valence-corrected chi connectivity index (χ0v) is 13.7. The number of hydrogen-bond acceptors (Lipinski definition) is 4. The van der Waals surface area contributed by atoms with Crippen molar-refractivity contribution < 1.29 is 14.3 Å². The molecule has 0 atom stereocenters. The molecule has 2 N–H and O–H groups in total. The number of rotatable bonds is 6. The van der Waals surface area contributed by atoms with E-state index in [0.717, 1.165) is 45.2 Å². The summed E-state index contributed by atoms with van der Waals surface area (Å²) < 4.78 is 5.07. The first-order valence-electron chi connectivity index (χ1n) is 8.85. The van der Waals surface area contributed by atoms with Gasteiger partial charge in [-0.25, -0.2) is 0 Å². The molecule has 0 aromatic heterocycles. The molecule has 1 amide bonds. The Morgan fingerprint density at radius 1 is 1.09 bits per heavy atom. The second kappa shape index (κ2) is 9.13. The van der Waals surface area contributed by atoms with E-state index in [1.54, 1.807) is 0 Å². The molecule has 0 unspecified atom stereocenters. The van der Waals surface area contributed by atoms with E-state index >= 15 is 0 Å². The van der Waals surface area contributed by atoms with Gasteiger partial charge >= 0.3 is 5.97 Å². The SMILES string of the molecule is CCOC(=O)C1CCC(NC(=O)CCC2CCNCC2)CC1. The Morgan fingerprint density at radius 3 is 2.41 bits per heavy atom. The van der Waals surface area contributed by atoms with Gasteiger partial charge in [-0.2, -0.15) is 0 Å². The number of amides is 1. The van der Waals surface area contributed by atoms with Gasteiger partial charge in [-0.1, -0.05) is 0 Å². The fourth-order valence-corrected chi connectivity index (χ4v) is 3.54. The van der Waals surface area contributed by atoms with Gasteiger partial charge in [0.05, 0.1) is 12.5 Å². The zero-order valence-electron chi connectivity index (χ0n) is 13.7. The van der Waals surface area contributed by atoms with Crippen molar-refractivity contribution in [3.05, 3.63) is 0 Å². The number of piperidine rings is 1. The lowest BCUT2D eigenvalue weighted by molar-refractivity contribution is -0.149. The maximum atomic E-state index is 12.1. The van der Waals surface area contributed by atoms with Crippen LogP contribution < -0.4 is 10.6 Å². The first kappa shape index (κ1) is 17.3. The largest absolute Gasteiger partial charge is 0.466 e. The van der Waals surface area contributed by atoms with Crippen molar-refractivity contribution in [2.45, 2.75) is 64.3 Å². The van der Waals surface area contributed by atoms with Gasteiger partial charge in [0.15, 0.2) is 0 Å². The standard InChI is InChI=1S/C17H30N2O3/c1-2-22-17(21)14-4-6-15(7-5-14)19-16(20)8-3-13-9-11-18-12-10-13/h13-15,18H,2-12H2,1H3,(H,19,20). The van der Waals surface area contributed by atoms with Gasteiger partial charge in [0.25, 0.3) is 0 Å². The summed E-state index contributed by atoms with van der Waals surface area (Å²) in [6.07, 6.45) is 7.48. The van der Waals surface area contributed by atoms with Crippen LogP contribution in [0.4, 0.5) is 0 Å². The monoisotopic (exact) mass is 310 g/mol. The number of nitrogens with one attached hydrogen (secondary N) is 2. The van der Waals surface area contributed by atoms with Crippen molar-refractivity contribution in [1.29, 1.82) is 0 Å². The Hall–Kier alpha value is -1.10. The summed E-state index contributed by atoms with van der Waals surface area (Å²) in [6, 6.07) is 0.242. The predicted molar refractivity (Wildman–Crippen MR) is 85.3 cm³/mol. The number of carbonyl (C=O) groups excluding carboxylic acids is 2. The number of esters is 1. The summed E-state index contributed by atoms with van der Waals surface area (Å²) >= 11 is 0. The highest BCUT2D eigenvalue weighted by Gasteiger charge is 2.28. The van der Waals surface area contributed by atoms with Crippen LogP contribution in [-0.2, 0) is 14.3 Å². The van der Waals surface area contributed by atoms with E-state index < -0.39 is 0 Å². The fourth-order valence-electron chi connectivity index (χ4n) is 3.54. The molecular weight excluding hydrogens is 280 g/mol. The maximum Gasteiger partial charge on any atom is 0.308 e. The first-order chi connectivity index (χ1) is 10.7. The van der Waals surface area contributed by atoms with Crippen LogP contribution in [0.15, 0.2) is 0 Å². The minimum atomic E-state index is -0.0711. The third-order valence-corrected chi connectivity index (χ3v) is 4.95. The third kappa shape index (κ3) is 5.59. The molecule has 5 nitrogen and oxygen atoms in total. The van der Waals surface area contributed by atoms with Crippen molar-refractivity contribution in [3.8, 4) is 0 Å². The van der Waals surface area contributed by atoms with E-state index in [2.05, 4.69) is 10.6 Å². The molecule has 5 heteroatoms. The molecule has 2 fully saturated rings. The Balaban J connectivity index is 1.60. The maximum absolute atomic E-state index is 12.1. The minimum absolute atomic E-state index is 0.0304. The molecule has 22 heavy (non-hydrogen) atoms. The van der Waals surface area contributed by atoms with Crippen LogP contribution >= 0.6 is 0 Å². The van der Waals surface area contributed by atoms with Gasteiger partial charge in [0.2, 0.25) is 5.91 Å². The third-order valence-electron chi connectivity index (χ3n) is 4.95. The van der Waals surface area contributed by atoms with Crippen LogP contribution in [-0.4, -0.2) is 37.6 Å². The summed E-state index contributed by atoms with van der Waals surface area (Å²) in [4.78, 5) is 23.7. The summed E-state index contributed by atoms with van der Waals surface area (Å²) in [5.41, 5.74) is 0. The van der Waals surface area contributed by atoms with E-state index in [1.807, 2.05) is 6.92 Å². The highest BCUT2D eigenvalue weighted by Crippen LogP contribution is 2.25. The molecular formula is C17H30N2O3. The van der Waals surface area contributed by atoms with Crippen molar-refractivity contribution in [1.82, 2.24) is 10.6 Å². The summed E-state index contributed by atoms with van der Waals surface area (Å²) in [5.74, 6) is 0.839. The average molecular weight is 310 g/mol. The summed E-state index contributed by atoms with van der Waals surface area (Å²) in [6.45, 7) is 4.46. The molecule has 1 aliphatic heterocycles. The second-order valence-electron chi connectivity index (χ2n) is 6.60. The van der Waals surface area contributed by atoms with Crippen molar-refractivity contribution in [2.24, 2.45) is 11.8 Å². The predicted octanol–water partition coefficient (Wildman–Crippen LogP) is 2.00. The highest BCUT2D eigenvalue weighted by atomic mass is 16.5. The van der Waals surface area contributed by atoms with Gasteiger partial charge in [-0.05, 0) is 70.9 Å². The van der Waals surface area contributed by atoms with Crippen LogP contribution in [0.25, 0.3) is 0 Å². The Kier molecular flexibility index (Phi) is 7.16. The molecule has 0 radical (unpaired) electrons. The van der Waals surface area contributed by atoms with E-state index in [9.17, 15) is 9.59 Å². The van der Waals surface area contributed by atoms with Crippen molar-refractivity contribution in [2.75, 3.05) is 19.7 Å². The molecule has 2 aliphatic rings. The smallest absolute Gasteiger partial charge is 0.308 e. The average Bonchev–Trinajstić information content (AvgIpc) is 2.55. The van der Waals surface area contributed by atoms with Gasteiger partial charge in [-0.15, -0.1) is 0 Å². The van der Waals surface area contributed by atoms with Crippen LogP contribution in [0.1, 0.15) is 58.3 Å². The van der Waals surface area contributed by atoms with Crippen molar-refractivity contribution in [3.63, 3.8) is 0 Å². The molecule has 0 spiro atoms. The van der Waals surface area contributed by atoms with Crippen LogP contribution in [0, 0.1) is 11.8 Å². The highest BCUT2D eigenvalue weighted by molar-refractivity contribution is 5.76. The van der Waals surface area contributed by atoms with Crippen LogP contribution in [0.2, 0.25) is 0 Å². The quantitative estimate of drug-likeness (QED) is 0.736. The Bertz CT molecular complexity index is 359. The van der Waals surface area contributed by atoms with Crippen molar-refractivity contribution >= 4 is 11.9 Å². The summed E-state index contributed by atoms with van der Waals surface area (Å²) in [5, 5.41) is 6.50. The lowest BCUT2D eigenvalue weighted by atomic mass is 9.86.